The van der Waals surface area contributed by atoms with Crippen molar-refractivity contribution >= 4 is 23.2 Å². The molecular weight excluding hydrogens is 444 g/mol. The number of carbonyl (C=O) groups excluding carboxylic acids is 2. The van der Waals surface area contributed by atoms with E-state index in [1.807, 2.05) is 53.4 Å². The molecule has 3 aromatic rings. The molecule has 0 atom stereocenters. The monoisotopic (exact) mass is 472 g/mol. The van der Waals surface area contributed by atoms with Crippen LogP contribution in [-0.2, 0) is 6.54 Å². The summed E-state index contributed by atoms with van der Waals surface area (Å²) in [6.45, 7) is 0.412. The van der Waals surface area contributed by atoms with Gasteiger partial charge in [0.15, 0.2) is 0 Å². The van der Waals surface area contributed by atoms with Crippen molar-refractivity contribution in [3.05, 3.63) is 106 Å². The number of hydrogen-bond donors (Lipinski definition) is 2. The SMILES string of the molecule is NC1CCC(N(Cc2cccc(NC(=O)c3ccc([N+](=O)[O-])cc3)c2)C(=O)c2ccccc2)CC1. The van der Waals surface area contributed by atoms with Crippen molar-refractivity contribution in [2.45, 2.75) is 44.3 Å². The third-order valence-electron chi connectivity index (χ3n) is 6.34. The molecule has 0 aliphatic heterocycles. The van der Waals surface area contributed by atoms with Gasteiger partial charge in [-0.15, -0.1) is 0 Å². The lowest BCUT2D eigenvalue weighted by Gasteiger charge is -2.36. The highest BCUT2D eigenvalue weighted by Crippen LogP contribution is 2.26. The molecule has 8 nitrogen and oxygen atoms in total. The fourth-order valence-corrected chi connectivity index (χ4v) is 4.41. The van der Waals surface area contributed by atoms with Crippen LogP contribution in [0.4, 0.5) is 11.4 Å². The van der Waals surface area contributed by atoms with Gasteiger partial charge in [0.1, 0.15) is 0 Å². The van der Waals surface area contributed by atoms with E-state index in [2.05, 4.69) is 5.32 Å². The fraction of sp³-hybridized carbons (Fsp3) is 0.259. The summed E-state index contributed by atoms with van der Waals surface area (Å²) in [5, 5.41) is 13.7. The van der Waals surface area contributed by atoms with Crippen molar-refractivity contribution in [2.75, 3.05) is 5.32 Å². The number of rotatable bonds is 7. The van der Waals surface area contributed by atoms with E-state index < -0.39 is 4.92 Å². The Labute approximate surface area is 203 Å². The van der Waals surface area contributed by atoms with Gasteiger partial charge >= 0.3 is 0 Å². The number of nitrogens with two attached hydrogens (primary N) is 1. The summed E-state index contributed by atoms with van der Waals surface area (Å²) in [6.07, 6.45) is 3.48. The molecule has 0 saturated heterocycles. The van der Waals surface area contributed by atoms with Crippen LogP contribution in [0.3, 0.4) is 0 Å². The fourth-order valence-electron chi connectivity index (χ4n) is 4.41. The van der Waals surface area contributed by atoms with Gasteiger partial charge in [-0.1, -0.05) is 30.3 Å². The van der Waals surface area contributed by atoms with Gasteiger partial charge in [0.2, 0.25) is 0 Å². The van der Waals surface area contributed by atoms with E-state index in [0.29, 0.717) is 23.4 Å². The summed E-state index contributed by atoms with van der Waals surface area (Å²) >= 11 is 0. The van der Waals surface area contributed by atoms with Crippen molar-refractivity contribution < 1.29 is 14.5 Å². The first kappa shape index (κ1) is 24.1. The summed E-state index contributed by atoms with van der Waals surface area (Å²) in [4.78, 5) is 38.3. The van der Waals surface area contributed by atoms with Crippen LogP contribution in [0.1, 0.15) is 52.0 Å². The Bertz CT molecular complexity index is 1190. The first-order valence-electron chi connectivity index (χ1n) is 11.7. The maximum Gasteiger partial charge on any atom is 0.269 e. The maximum atomic E-state index is 13.4. The lowest BCUT2D eigenvalue weighted by atomic mass is 9.90. The molecule has 35 heavy (non-hydrogen) atoms. The standard InChI is InChI=1S/C27H28N4O4/c28-22-11-15-24(16-12-22)30(27(33)21-6-2-1-3-7-21)18-19-5-4-8-23(17-19)29-26(32)20-9-13-25(14-10-20)31(34)35/h1-10,13-14,17,22,24H,11-12,15-16,18,28H2,(H,29,32). The molecule has 2 amide bonds. The van der Waals surface area contributed by atoms with Crippen LogP contribution in [0, 0.1) is 10.1 Å². The van der Waals surface area contributed by atoms with Gasteiger partial charge in [0.25, 0.3) is 17.5 Å². The van der Waals surface area contributed by atoms with Crippen LogP contribution in [0.2, 0.25) is 0 Å². The number of benzene rings is 3. The highest BCUT2D eigenvalue weighted by atomic mass is 16.6. The third-order valence-corrected chi connectivity index (χ3v) is 6.34. The van der Waals surface area contributed by atoms with Gasteiger partial charge in [-0.25, -0.2) is 0 Å². The molecular formula is C27H28N4O4. The van der Waals surface area contributed by atoms with Crippen LogP contribution in [-0.4, -0.2) is 33.7 Å². The van der Waals surface area contributed by atoms with Crippen LogP contribution in [0.25, 0.3) is 0 Å². The average Bonchev–Trinajstić information content (AvgIpc) is 2.88. The van der Waals surface area contributed by atoms with E-state index in [1.165, 1.54) is 24.3 Å². The molecule has 0 spiro atoms. The summed E-state index contributed by atoms with van der Waals surface area (Å²) in [7, 11) is 0. The number of nitro benzene ring substituents is 1. The predicted molar refractivity (Wildman–Crippen MR) is 134 cm³/mol. The van der Waals surface area contributed by atoms with Crippen molar-refractivity contribution in [1.82, 2.24) is 4.90 Å². The summed E-state index contributed by atoms with van der Waals surface area (Å²) in [5.41, 5.74) is 8.47. The van der Waals surface area contributed by atoms with Gasteiger partial charge in [-0.05, 0) is 67.6 Å². The Balaban J connectivity index is 1.51. The van der Waals surface area contributed by atoms with Crippen LogP contribution in [0.15, 0.2) is 78.9 Å². The zero-order chi connectivity index (χ0) is 24.8. The average molecular weight is 473 g/mol. The molecule has 0 unspecified atom stereocenters. The van der Waals surface area contributed by atoms with E-state index in [9.17, 15) is 19.7 Å². The molecule has 0 aromatic heterocycles. The maximum absolute atomic E-state index is 13.4. The first-order chi connectivity index (χ1) is 16.9. The molecule has 1 aliphatic carbocycles. The number of amides is 2. The van der Waals surface area contributed by atoms with Crippen molar-refractivity contribution in [3.8, 4) is 0 Å². The zero-order valence-electron chi connectivity index (χ0n) is 19.3. The van der Waals surface area contributed by atoms with Gasteiger partial charge in [-0.2, -0.15) is 0 Å². The van der Waals surface area contributed by atoms with Crippen molar-refractivity contribution in [1.29, 1.82) is 0 Å². The molecule has 1 fully saturated rings. The van der Waals surface area contributed by atoms with Gasteiger partial charge in [0, 0.05) is 47.6 Å². The Kier molecular flexibility index (Phi) is 7.52. The zero-order valence-corrected chi connectivity index (χ0v) is 19.3. The van der Waals surface area contributed by atoms with Crippen molar-refractivity contribution in [3.63, 3.8) is 0 Å². The number of hydrogen-bond acceptors (Lipinski definition) is 5. The first-order valence-corrected chi connectivity index (χ1v) is 11.7. The molecule has 0 radical (unpaired) electrons. The Morgan fingerprint density at radius 3 is 2.26 bits per heavy atom. The minimum atomic E-state index is -0.506. The highest BCUT2D eigenvalue weighted by Gasteiger charge is 2.28. The molecule has 3 aromatic carbocycles. The Hall–Kier alpha value is -4.04. The number of non-ortho nitro benzene ring substituents is 1. The molecule has 1 saturated carbocycles. The minimum absolute atomic E-state index is 0.0219. The molecule has 1 aliphatic rings. The van der Waals surface area contributed by atoms with Crippen molar-refractivity contribution in [2.24, 2.45) is 5.73 Å². The second kappa shape index (κ2) is 10.9. The lowest BCUT2D eigenvalue weighted by Crippen LogP contribution is -2.43. The predicted octanol–water partition coefficient (Wildman–Crippen LogP) is 4.76. The molecule has 8 heteroatoms. The molecule has 3 N–H and O–H groups in total. The number of nitrogens with zero attached hydrogens (tertiary/aromatic N) is 2. The van der Waals surface area contributed by atoms with Crippen LogP contribution in [0.5, 0.6) is 0 Å². The lowest BCUT2D eigenvalue weighted by molar-refractivity contribution is -0.384. The smallest absolute Gasteiger partial charge is 0.269 e. The van der Waals surface area contributed by atoms with Crippen LogP contribution >= 0.6 is 0 Å². The van der Waals surface area contributed by atoms with Crippen LogP contribution < -0.4 is 11.1 Å². The normalized spacial score (nSPS) is 17.4. The topological polar surface area (TPSA) is 119 Å². The molecule has 4 rings (SSSR count). The van der Waals surface area contributed by atoms with E-state index in [1.54, 1.807) is 6.07 Å². The minimum Gasteiger partial charge on any atom is -0.331 e. The second-order valence-corrected chi connectivity index (χ2v) is 8.83. The third kappa shape index (κ3) is 6.10. The van der Waals surface area contributed by atoms with E-state index in [0.717, 1.165) is 31.2 Å². The van der Waals surface area contributed by atoms with E-state index in [-0.39, 0.29) is 29.6 Å². The summed E-state index contributed by atoms with van der Waals surface area (Å²) < 4.78 is 0. The number of anilines is 1. The molecule has 180 valence electrons. The largest absolute Gasteiger partial charge is 0.331 e. The van der Waals surface area contributed by atoms with E-state index in [4.69, 9.17) is 5.73 Å². The quantitative estimate of drug-likeness (QED) is 0.380. The van der Waals surface area contributed by atoms with Gasteiger partial charge in [0.05, 0.1) is 4.92 Å². The van der Waals surface area contributed by atoms with E-state index >= 15 is 0 Å². The number of nitro groups is 1. The summed E-state index contributed by atoms with van der Waals surface area (Å²) in [6, 6.07) is 22.4. The highest BCUT2D eigenvalue weighted by molar-refractivity contribution is 6.04. The number of nitrogens with one attached hydrogen (secondary N) is 1. The summed E-state index contributed by atoms with van der Waals surface area (Å²) in [5.74, 6) is -0.387. The van der Waals surface area contributed by atoms with Gasteiger partial charge in [-0.3, -0.25) is 19.7 Å². The second-order valence-electron chi connectivity index (χ2n) is 8.83. The number of carbonyl (C=O) groups is 2. The Morgan fingerprint density at radius 1 is 0.914 bits per heavy atom. The van der Waals surface area contributed by atoms with Gasteiger partial charge < -0.3 is 16.0 Å². The molecule has 0 bridgehead atoms. The Morgan fingerprint density at radius 2 is 1.60 bits per heavy atom. The molecule has 0 heterocycles.